The summed E-state index contributed by atoms with van der Waals surface area (Å²) in [5, 5.41) is 3.37. The summed E-state index contributed by atoms with van der Waals surface area (Å²) in [5.41, 5.74) is 0. The number of piperazine rings is 1. The van der Waals surface area contributed by atoms with Crippen LogP contribution in [0.25, 0.3) is 0 Å². The second-order valence-corrected chi connectivity index (χ2v) is 3.42. The van der Waals surface area contributed by atoms with E-state index in [0.29, 0.717) is 0 Å². The van der Waals surface area contributed by atoms with Crippen LogP contribution in [0.1, 0.15) is 26.7 Å². The Balaban J connectivity index is 2.21. The van der Waals surface area contributed by atoms with E-state index in [9.17, 15) is 0 Å². The van der Waals surface area contributed by atoms with Gasteiger partial charge in [-0.05, 0) is 13.3 Å². The summed E-state index contributed by atoms with van der Waals surface area (Å²) >= 11 is 0. The summed E-state index contributed by atoms with van der Waals surface area (Å²) < 4.78 is 0. The SMILES string of the molecule is CCC[C@@H](C)N1CCNCC1. The minimum absolute atomic E-state index is 0.794. The molecule has 11 heavy (non-hydrogen) atoms. The molecule has 1 fully saturated rings. The van der Waals surface area contributed by atoms with Gasteiger partial charge in [-0.25, -0.2) is 0 Å². The van der Waals surface area contributed by atoms with Crippen molar-refractivity contribution in [3.05, 3.63) is 0 Å². The Kier molecular flexibility index (Phi) is 3.87. The average Bonchev–Trinajstić information content (AvgIpc) is 2.07. The first-order valence-corrected chi connectivity index (χ1v) is 4.79. The number of nitrogens with zero attached hydrogens (tertiary/aromatic N) is 1. The first-order chi connectivity index (χ1) is 5.34. The molecule has 1 atom stereocenters. The zero-order chi connectivity index (χ0) is 8.10. The van der Waals surface area contributed by atoms with Crippen LogP contribution in [0, 0.1) is 0 Å². The van der Waals surface area contributed by atoms with Gasteiger partial charge in [0.15, 0.2) is 0 Å². The maximum Gasteiger partial charge on any atom is 0.0110 e. The Labute approximate surface area is 70.0 Å². The smallest absolute Gasteiger partial charge is 0.0110 e. The van der Waals surface area contributed by atoms with Crippen LogP contribution in [-0.4, -0.2) is 37.1 Å². The fourth-order valence-electron chi connectivity index (χ4n) is 1.72. The molecule has 1 aliphatic heterocycles. The second kappa shape index (κ2) is 4.73. The summed E-state index contributed by atoms with van der Waals surface area (Å²) in [6.45, 7) is 9.43. The molecular weight excluding hydrogens is 136 g/mol. The molecule has 1 saturated heterocycles. The molecule has 1 heterocycles. The van der Waals surface area contributed by atoms with E-state index in [2.05, 4.69) is 24.1 Å². The van der Waals surface area contributed by atoms with Crippen molar-refractivity contribution in [1.29, 1.82) is 0 Å². The highest BCUT2D eigenvalue weighted by atomic mass is 15.2. The van der Waals surface area contributed by atoms with E-state index in [1.54, 1.807) is 0 Å². The van der Waals surface area contributed by atoms with Gasteiger partial charge >= 0.3 is 0 Å². The average molecular weight is 156 g/mol. The van der Waals surface area contributed by atoms with Gasteiger partial charge in [0, 0.05) is 32.2 Å². The molecule has 0 saturated carbocycles. The van der Waals surface area contributed by atoms with Crippen LogP contribution < -0.4 is 5.32 Å². The van der Waals surface area contributed by atoms with Gasteiger partial charge in [0.05, 0.1) is 0 Å². The predicted molar refractivity (Wildman–Crippen MR) is 48.8 cm³/mol. The summed E-state index contributed by atoms with van der Waals surface area (Å²) in [6.07, 6.45) is 2.66. The molecule has 1 N–H and O–H groups in total. The van der Waals surface area contributed by atoms with Crippen molar-refractivity contribution in [2.75, 3.05) is 26.2 Å². The molecule has 1 rings (SSSR count). The van der Waals surface area contributed by atoms with Crippen LogP contribution in [0.4, 0.5) is 0 Å². The molecule has 0 amide bonds. The minimum atomic E-state index is 0.794. The molecule has 1 aliphatic rings. The van der Waals surface area contributed by atoms with Gasteiger partial charge < -0.3 is 5.32 Å². The van der Waals surface area contributed by atoms with Gasteiger partial charge in [-0.3, -0.25) is 4.90 Å². The normalized spacial score (nSPS) is 23.5. The van der Waals surface area contributed by atoms with E-state index in [0.717, 1.165) is 6.04 Å². The number of rotatable bonds is 3. The quantitative estimate of drug-likeness (QED) is 0.658. The van der Waals surface area contributed by atoms with Crippen molar-refractivity contribution in [3.63, 3.8) is 0 Å². The highest BCUT2D eigenvalue weighted by Crippen LogP contribution is 2.06. The number of hydrogen-bond donors (Lipinski definition) is 1. The lowest BCUT2D eigenvalue weighted by atomic mass is 10.1. The molecule has 0 unspecified atom stereocenters. The molecule has 0 aromatic rings. The highest BCUT2D eigenvalue weighted by Gasteiger charge is 2.14. The number of nitrogens with one attached hydrogen (secondary N) is 1. The highest BCUT2D eigenvalue weighted by molar-refractivity contribution is 4.72. The van der Waals surface area contributed by atoms with E-state index in [4.69, 9.17) is 0 Å². The largest absolute Gasteiger partial charge is 0.314 e. The molecule has 0 bridgehead atoms. The van der Waals surface area contributed by atoms with Crippen LogP contribution in [0.3, 0.4) is 0 Å². The monoisotopic (exact) mass is 156 g/mol. The molecule has 2 heteroatoms. The molecule has 0 aliphatic carbocycles. The maximum atomic E-state index is 3.37. The van der Waals surface area contributed by atoms with Crippen LogP contribution in [0.15, 0.2) is 0 Å². The molecule has 66 valence electrons. The lowest BCUT2D eigenvalue weighted by Gasteiger charge is -2.32. The Morgan fingerprint density at radius 3 is 2.55 bits per heavy atom. The van der Waals surface area contributed by atoms with Crippen molar-refractivity contribution in [2.45, 2.75) is 32.7 Å². The number of hydrogen-bond acceptors (Lipinski definition) is 2. The molecule has 0 aromatic carbocycles. The summed E-state index contributed by atoms with van der Waals surface area (Å²) in [7, 11) is 0. The van der Waals surface area contributed by atoms with Gasteiger partial charge in [0.1, 0.15) is 0 Å². The topological polar surface area (TPSA) is 15.3 Å². The predicted octanol–water partition coefficient (Wildman–Crippen LogP) is 1.08. The Morgan fingerprint density at radius 1 is 1.36 bits per heavy atom. The van der Waals surface area contributed by atoms with Crippen LogP contribution in [-0.2, 0) is 0 Å². The van der Waals surface area contributed by atoms with E-state index < -0.39 is 0 Å². The lowest BCUT2D eigenvalue weighted by Crippen LogP contribution is -2.47. The fraction of sp³-hybridized carbons (Fsp3) is 1.00. The zero-order valence-corrected chi connectivity index (χ0v) is 7.77. The maximum absolute atomic E-state index is 3.37. The Hall–Kier alpha value is -0.0800. The third-order valence-electron chi connectivity index (χ3n) is 2.48. The minimum Gasteiger partial charge on any atom is -0.314 e. The Morgan fingerprint density at radius 2 is 2.00 bits per heavy atom. The molecule has 0 aromatic heterocycles. The van der Waals surface area contributed by atoms with Crippen molar-refractivity contribution >= 4 is 0 Å². The van der Waals surface area contributed by atoms with E-state index in [-0.39, 0.29) is 0 Å². The third kappa shape index (κ3) is 2.80. The third-order valence-corrected chi connectivity index (χ3v) is 2.48. The van der Waals surface area contributed by atoms with Crippen molar-refractivity contribution < 1.29 is 0 Å². The zero-order valence-electron chi connectivity index (χ0n) is 7.77. The van der Waals surface area contributed by atoms with E-state index in [1.165, 1.54) is 39.0 Å². The van der Waals surface area contributed by atoms with Crippen LogP contribution >= 0.6 is 0 Å². The van der Waals surface area contributed by atoms with E-state index >= 15 is 0 Å². The lowest BCUT2D eigenvalue weighted by molar-refractivity contribution is 0.176. The Bertz CT molecular complexity index is 97.7. The standard InChI is InChI=1S/C9H20N2/c1-3-4-9(2)11-7-5-10-6-8-11/h9-10H,3-8H2,1-2H3/t9-/m1/s1. The van der Waals surface area contributed by atoms with Gasteiger partial charge in [0.2, 0.25) is 0 Å². The fourth-order valence-corrected chi connectivity index (χ4v) is 1.72. The van der Waals surface area contributed by atoms with Gasteiger partial charge in [-0.1, -0.05) is 13.3 Å². The van der Waals surface area contributed by atoms with Gasteiger partial charge in [-0.15, -0.1) is 0 Å². The van der Waals surface area contributed by atoms with Crippen molar-refractivity contribution in [2.24, 2.45) is 0 Å². The molecule has 2 nitrogen and oxygen atoms in total. The van der Waals surface area contributed by atoms with Crippen LogP contribution in [0.5, 0.6) is 0 Å². The summed E-state index contributed by atoms with van der Waals surface area (Å²) in [6, 6.07) is 0.794. The first-order valence-electron chi connectivity index (χ1n) is 4.79. The van der Waals surface area contributed by atoms with Crippen molar-refractivity contribution in [3.8, 4) is 0 Å². The molecule has 0 spiro atoms. The summed E-state index contributed by atoms with van der Waals surface area (Å²) in [4.78, 5) is 2.58. The molecular formula is C9H20N2. The first kappa shape index (κ1) is 9.01. The van der Waals surface area contributed by atoms with Crippen LogP contribution in [0.2, 0.25) is 0 Å². The van der Waals surface area contributed by atoms with Crippen molar-refractivity contribution in [1.82, 2.24) is 10.2 Å². The molecule has 0 radical (unpaired) electrons. The van der Waals surface area contributed by atoms with Gasteiger partial charge in [-0.2, -0.15) is 0 Å². The van der Waals surface area contributed by atoms with Gasteiger partial charge in [0.25, 0.3) is 0 Å². The summed E-state index contributed by atoms with van der Waals surface area (Å²) in [5.74, 6) is 0. The van der Waals surface area contributed by atoms with E-state index in [1.807, 2.05) is 0 Å². The second-order valence-electron chi connectivity index (χ2n) is 3.42.